The minimum Gasteiger partial charge on any atom is -0.383 e. The first-order valence-corrected chi connectivity index (χ1v) is 5.92. The Morgan fingerprint density at radius 2 is 2.12 bits per heavy atom. The second kappa shape index (κ2) is 7.37. The Morgan fingerprint density at radius 3 is 2.65 bits per heavy atom. The molecule has 2 N–H and O–H groups in total. The Labute approximate surface area is 102 Å². The smallest absolute Gasteiger partial charge is 0.128 e. The van der Waals surface area contributed by atoms with E-state index in [-0.39, 0.29) is 11.9 Å². The maximum Gasteiger partial charge on any atom is 0.128 e. The van der Waals surface area contributed by atoms with Gasteiger partial charge in [0, 0.05) is 31.8 Å². The maximum absolute atomic E-state index is 13.7. The third-order valence-electron chi connectivity index (χ3n) is 2.92. The molecule has 1 unspecified atom stereocenters. The van der Waals surface area contributed by atoms with E-state index >= 15 is 0 Å². The molecule has 1 aromatic carbocycles. The number of hydrogen-bond acceptors (Lipinski definition) is 3. The molecule has 0 saturated carbocycles. The average molecular weight is 240 g/mol. The van der Waals surface area contributed by atoms with E-state index in [2.05, 4.69) is 4.90 Å². The highest BCUT2D eigenvalue weighted by Gasteiger charge is 2.20. The SMILES string of the molecule is CCN(CCOC)C(CN)c1ccccc1F. The summed E-state index contributed by atoms with van der Waals surface area (Å²) in [5.41, 5.74) is 6.43. The van der Waals surface area contributed by atoms with E-state index in [1.165, 1.54) is 6.07 Å². The van der Waals surface area contributed by atoms with Crippen LogP contribution in [-0.2, 0) is 4.74 Å². The quantitative estimate of drug-likeness (QED) is 0.789. The second-order valence-electron chi connectivity index (χ2n) is 3.89. The van der Waals surface area contributed by atoms with E-state index in [0.717, 1.165) is 13.1 Å². The minimum absolute atomic E-state index is 0.0867. The van der Waals surface area contributed by atoms with Gasteiger partial charge in [0.25, 0.3) is 0 Å². The summed E-state index contributed by atoms with van der Waals surface area (Å²) in [6.45, 7) is 4.64. The number of rotatable bonds is 7. The van der Waals surface area contributed by atoms with Gasteiger partial charge in [-0.15, -0.1) is 0 Å². The van der Waals surface area contributed by atoms with Crippen LogP contribution in [0.15, 0.2) is 24.3 Å². The van der Waals surface area contributed by atoms with E-state index in [1.807, 2.05) is 13.0 Å². The first kappa shape index (κ1) is 14.1. The summed E-state index contributed by atoms with van der Waals surface area (Å²) in [7, 11) is 1.66. The predicted octanol–water partition coefficient (Wildman–Crippen LogP) is 1.79. The molecule has 0 heterocycles. The maximum atomic E-state index is 13.7. The van der Waals surface area contributed by atoms with E-state index < -0.39 is 0 Å². The molecule has 3 nitrogen and oxygen atoms in total. The van der Waals surface area contributed by atoms with Crippen LogP contribution in [0.3, 0.4) is 0 Å². The first-order chi connectivity index (χ1) is 8.24. The van der Waals surface area contributed by atoms with Crippen LogP contribution in [-0.4, -0.2) is 38.3 Å². The number of hydrogen-bond donors (Lipinski definition) is 1. The highest BCUT2D eigenvalue weighted by Crippen LogP contribution is 2.21. The molecule has 0 fully saturated rings. The van der Waals surface area contributed by atoms with Gasteiger partial charge < -0.3 is 10.5 Å². The lowest BCUT2D eigenvalue weighted by Gasteiger charge is -2.30. The lowest BCUT2D eigenvalue weighted by atomic mass is 10.0. The molecule has 0 amide bonds. The van der Waals surface area contributed by atoms with Crippen molar-refractivity contribution in [2.45, 2.75) is 13.0 Å². The van der Waals surface area contributed by atoms with Crippen LogP contribution >= 0.6 is 0 Å². The van der Waals surface area contributed by atoms with Crippen LogP contribution < -0.4 is 5.73 Å². The van der Waals surface area contributed by atoms with E-state index in [4.69, 9.17) is 10.5 Å². The summed E-state index contributed by atoms with van der Waals surface area (Å²) in [5, 5.41) is 0. The predicted molar refractivity (Wildman–Crippen MR) is 67.3 cm³/mol. The number of likely N-dealkylation sites (N-methyl/N-ethyl adjacent to an activating group) is 1. The van der Waals surface area contributed by atoms with Gasteiger partial charge >= 0.3 is 0 Å². The molecule has 0 saturated heterocycles. The summed E-state index contributed by atoms with van der Waals surface area (Å²) in [6, 6.07) is 6.71. The highest BCUT2D eigenvalue weighted by molar-refractivity contribution is 5.21. The average Bonchev–Trinajstić information content (AvgIpc) is 2.36. The molecule has 1 rings (SSSR count). The number of halogens is 1. The van der Waals surface area contributed by atoms with Crippen molar-refractivity contribution in [1.82, 2.24) is 4.90 Å². The van der Waals surface area contributed by atoms with Gasteiger partial charge in [-0.1, -0.05) is 25.1 Å². The number of nitrogens with two attached hydrogens (primary N) is 1. The third-order valence-corrected chi connectivity index (χ3v) is 2.92. The van der Waals surface area contributed by atoms with Crippen molar-refractivity contribution in [2.24, 2.45) is 5.73 Å². The van der Waals surface area contributed by atoms with Gasteiger partial charge in [-0.3, -0.25) is 4.90 Å². The van der Waals surface area contributed by atoms with Gasteiger partial charge in [0.05, 0.1) is 6.61 Å². The van der Waals surface area contributed by atoms with Crippen molar-refractivity contribution in [3.63, 3.8) is 0 Å². The van der Waals surface area contributed by atoms with Crippen LogP contribution in [0.1, 0.15) is 18.5 Å². The van der Waals surface area contributed by atoms with Crippen molar-refractivity contribution >= 4 is 0 Å². The number of benzene rings is 1. The molecule has 1 atom stereocenters. The molecule has 0 spiro atoms. The van der Waals surface area contributed by atoms with Crippen molar-refractivity contribution in [1.29, 1.82) is 0 Å². The van der Waals surface area contributed by atoms with Gasteiger partial charge in [0.1, 0.15) is 5.82 Å². The molecule has 0 bridgehead atoms. The largest absolute Gasteiger partial charge is 0.383 e. The van der Waals surface area contributed by atoms with Gasteiger partial charge in [0.15, 0.2) is 0 Å². The lowest BCUT2D eigenvalue weighted by molar-refractivity contribution is 0.124. The third kappa shape index (κ3) is 3.77. The Balaban J connectivity index is 2.85. The van der Waals surface area contributed by atoms with Crippen molar-refractivity contribution in [3.05, 3.63) is 35.6 Å². The van der Waals surface area contributed by atoms with Gasteiger partial charge in [0.2, 0.25) is 0 Å². The van der Waals surface area contributed by atoms with Crippen LogP contribution in [0.2, 0.25) is 0 Å². The van der Waals surface area contributed by atoms with E-state index in [1.54, 1.807) is 19.2 Å². The molecule has 0 aliphatic heterocycles. The minimum atomic E-state index is -0.196. The lowest BCUT2D eigenvalue weighted by Crippen LogP contribution is -2.36. The molecular weight excluding hydrogens is 219 g/mol. The van der Waals surface area contributed by atoms with Crippen LogP contribution in [0.5, 0.6) is 0 Å². The molecule has 0 aliphatic rings. The molecule has 96 valence electrons. The molecule has 0 aliphatic carbocycles. The molecule has 4 heteroatoms. The Morgan fingerprint density at radius 1 is 1.41 bits per heavy atom. The molecule has 0 aromatic heterocycles. The zero-order valence-electron chi connectivity index (χ0n) is 10.5. The van der Waals surface area contributed by atoms with E-state index in [0.29, 0.717) is 18.7 Å². The molecule has 1 aromatic rings. The van der Waals surface area contributed by atoms with Crippen molar-refractivity contribution in [3.8, 4) is 0 Å². The van der Waals surface area contributed by atoms with Crippen LogP contribution in [0.4, 0.5) is 4.39 Å². The Hall–Kier alpha value is -0.970. The van der Waals surface area contributed by atoms with Gasteiger partial charge in [-0.25, -0.2) is 4.39 Å². The van der Waals surface area contributed by atoms with Crippen LogP contribution in [0, 0.1) is 5.82 Å². The summed E-state index contributed by atoms with van der Waals surface area (Å²) in [6.07, 6.45) is 0. The molecular formula is C13H21FN2O. The normalized spacial score (nSPS) is 13.0. The molecule has 0 radical (unpaired) electrons. The summed E-state index contributed by atoms with van der Waals surface area (Å²) >= 11 is 0. The molecule has 17 heavy (non-hydrogen) atoms. The topological polar surface area (TPSA) is 38.5 Å². The second-order valence-corrected chi connectivity index (χ2v) is 3.89. The highest BCUT2D eigenvalue weighted by atomic mass is 19.1. The fourth-order valence-electron chi connectivity index (χ4n) is 1.96. The zero-order valence-corrected chi connectivity index (χ0v) is 10.5. The number of ether oxygens (including phenoxy) is 1. The zero-order chi connectivity index (χ0) is 12.7. The summed E-state index contributed by atoms with van der Waals surface area (Å²) < 4.78 is 18.8. The standard InChI is InChI=1S/C13H21FN2O/c1-3-16(8-9-17-2)13(10-15)11-6-4-5-7-12(11)14/h4-7,13H,3,8-10,15H2,1-2H3. The van der Waals surface area contributed by atoms with Crippen molar-refractivity contribution in [2.75, 3.05) is 33.4 Å². The van der Waals surface area contributed by atoms with Gasteiger partial charge in [-0.05, 0) is 12.6 Å². The van der Waals surface area contributed by atoms with Crippen LogP contribution in [0.25, 0.3) is 0 Å². The first-order valence-electron chi connectivity index (χ1n) is 5.92. The number of nitrogens with zero attached hydrogens (tertiary/aromatic N) is 1. The summed E-state index contributed by atoms with van der Waals surface area (Å²) in [4.78, 5) is 2.13. The Kier molecular flexibility index (Phi) is 6.11. The fraction of sp³-hybridized carbons (Fsp3) is 0.538. The fourth-order valence-corrected chi connectivity index (χ4v) is 1.96. The Bertz CT molecular complexity index is 333. The summed E-state index contributed by atoms with van der Waals surface area (Å²) in [5.74, 6) is -0.196. The van der Waals surface area contributed by atoms with Gasteiger partial charge in [-0.2, -0.15) is 0 Å². The van der Waals surface area contributed by atoms with E-state index in [9.17, 15) is 4.39 Å². The van der Waals surface area contributed by atoms with Crippen molar-refractivity contribution < 1.29 is 9.13 Å². The number of methoxy groups -OCH3 is 1. The monoisotopic (exact) mass is 240 g/mol.